The molecule has 0 aliphatic heterocycles. The van der Waals surface area contributed by atoms with E-state index in [1.807, 2.05) is 72.8 Å². The van der Waals surface area contributed by atoms with Crippen LogP contribution in [0, 0.1) is 0 Å². The lowest BCUT2D eigenvalue weighted by Gasteiger charge is -2.10. The number of ketones is 1. The largest absolute Gasteiger partial charge is 0.488 e. The molecule has 0 saturated carbocycles. The highest BCUT2D eigenvalue weighted by molar-refractivity contribution is 6.14. The Hall–Kier alpha value is -4.38. The first-order chi connectivity index (χ1) is 15.6. The van der Waals surface area contributed by atoms with Crippen molar-refractivity contribution in [3.63, 3.8) is 0 Å². The lowest BCUT2D eigenvalue weighted by atomic mass is 10.0. The van der Waals surface area contributed by atoms with Crippen LogP contribution in [0.2, 0.25) is 0 Å². The number of carboxylic acids is 1. The lowest BCUT2D eigenvalue weighted by molar-refractivity contribution is 0.0691. The molecule has 156 valence electrons. The standard InChI is InChI=1S/C27H19NO4/c29-26(24-15-21-20-9-5-4-8-18(20)10-12-23(21)28-24)19-11-13-25(22(14-19)27(30)31)32-16-17-6-2-1-3-7-17/h1-15,28H,16H2,(H,30,31). The summed E-state index contributed by atoms with van der Waals surface area (Å²) in [7, 11) is 0. The van der Waals surface area contributed by atoms with E-state index in [0.717, 1.165) is 27.2 Å². The molecule has 4 aromatic carbocycles. The molecule has 0 unspecified atom stereocenters. The molecule has 5 rings (SSSR count). The topological polar surface area (TPSA) is 79.4 Å². The van der Waals surface area contributed by atoms with E-state index in [1.54, 1.807) is 6.07 Å². The molecule has 0 saturated heterocycles. The Bertz CT molecular complexity index is 1470. The van der Waals surface area contributed by atoms with Crippen LogP contribution in [-0.4, -0.2) is 21.8 Å². The maximum Gasteiger partial charge on any atom is 0.339 e. The van der Waals surface area contributed by atoms with Crippen LogP contribution in [0.4, 0.5) is 0 Å². The van der Waals surface area contributed by atoms with Gasteiger partial charge in [0.25, 0.3) is 0 Å². The third-order valence-electron chi connectivity index (χ3n) is 5.48. The Balaban J connectivity index is 1.47. The van der Waals surface area contributed by atoms with E-state index in [-0.39, 0.29) is 29.3 Å². The average molecular weight is 421 g/mol. The van der Waals surface area contributed by atoms with Crippen molar-refractivity contribution >= 4 is 33.4 Å². The van der Waals surface area contributed by atoms with Crippen LogP contribution in [0.15, 0.2) is 91.0 Å². The number of carboxylic acid groups (broad SMARTS) is 1. The molecule has 0 aliphatic carbocycles. The van der Waals surface area contributed by atoms with E-state index < -0.39 is 5.97 Å². The Morgan fingerprint density at radius 1 is 0.812 bits per heavy atom. The van der Waals surface area contributed by atoms with Gasteiger partial charge in [0.15, 0.2) is 0 Å². The molecule has 0 spiro atoms. The molecular weight excluding hydrogens is 402 g/mol. The zero-order valence-electron chi connectivity index (χ0n) is 17.0. The van der Waals surface area contributed by atoms with Crippen LogP contribution in [0.5, 0.6) is 5.75 Å². The maximum atomic E-state index is 13.2. The summed E-state index contributed by atoms with van der Waals surface area (Å²) in [6.45, 7) is 0.240. The quantitative estimate of drug-likeness (QED) is 0.338. The predicted molar refractivity (Wildman–Crippen MR) is 123 cm³/mol. The number of aromatic amines is 1. The number of benzene rings is 4. The predicted octanol–water partition coefficient (Wildman–Crippen LogP) is 5.83. The summed E-state index contributed by atoms with van der Waals surface area (Å²) in [5.41, 5.74) is 2.42. The molecule has 5 heteroatoms. The van der Waals surface area contributed by atoms with Gasteiger partial charge in [0.05, 0.1) is 5.69 Å². The van der Waals surface area contributed by atoms with E-state index in [2.05, 4.69) is 4.98 Å². The molecule has 32 heavy (non-hydrogen) atoms. The van der Waals surface area contributed by atoms with Gasteiger partial charge in [-0.2, -0.15) is 0 Å². The first kappa shape index (κ1) is 19.6. The van der Waals surface area contributed by atoms with Gasteiger partial charge in [0.2, 0.25) is 5.78 Å². The van der Waals surface area contributed by atoms with Crippen molar-refractivity contribution in [3.8, 4) is 5.75 Å². The molecule has 0 fully saturated rings. The van der Waals surface area contributed by atoms with Crippen LogP contribution in [0.3, 0.4) is 0 Å². The van der Waals surface area contributed by atoms with Crippen molar-refractivity contribution in [2.24, 2.45) is 0 Å². The Kier molecular flexibility index (Phi) is 4.92. The second kappa shape index (κ2) is 8.04. The number of carbonyl (C=O) groups is 2. The summed E-state index contributed by atoms with van der Waals surface area (Å²) in [5, 5.41) is 12.8. The van der Waals surface area contributed by atoms with Crippen molar-refractivity contribution in [1.82, 2.24) is 4.98 Å². The number of fused-ring (bicyclic) bond motifs is 3. The van der Waals surface area contributed by atoms with Crippen molar-refractivity contribution in [2.45, 2.75) is 6.61 Å². The minimum absolute atomic E-state index is 0.0478. The van der Waals surface area contributed by atoms with Gasteiger partial charge in [-0.15, -0.1) is 0 Å². The minimum atomic E-state index is -1.15. The van der Waals surface area contributed by atoms with Gasteiger partial charge in [-0.05, 0) is 46.7 Å². The number of aromatic carboxylic acids is 1. The molecule has 0 aliphatic rings. The first-order valence-corrected chi connectivity index (χ1v) is 10.2. The van der Waals surface area contributed by atoms with Gasteiger partial charge in [-0.1, -0.05) is 60.7 Å². The SMILES string of the molecule is O=C(c1ccc(OCc2ccccc2)c(C(=O)O)c1)c1cc2c(ccc3ccccc32)[nH]1. The molecule has 0 radical (unpaired) electrons. The average Bonchev–Trinajstić information content (AvgIpc) is 3.28. The first-order valence-electron chi connectivity index (χ1n) is 10.2. The van der Waals surface area contributed by atoms with Crippen molar-refractivity contribution in [3.05, 3.63) is 113 Å². The lowest BCUT2D eigenvalue weighted by Crippen LogP contribution is -2.07. The second-order valence-corrected chi connectivity index (χ2v) is 7.55. The number of ether oxygens (including phenoxy) is 1. The Labute approximate surface area is 183 Å². The van der Waals surface area contributed by atoms with Crippen LogP contribution in [0.1, 0.15) is 32.0 Å². The molecule has 5 nitrogen and oxygen atoms in total. The monoisotopic (exact) mass is 421 g/mol. The third-order valence-corrected chi connectivity index (χ3v) is 5.48. The Morgan fingerprint density at radius 2 is 1.59 bits per heavy atom. The molecule has 5 aromatic rings. The number of hydrogen-bond donors (Lipinski definition) is 2. The smallest absolute Gasteiger partial charge is 0.339 e. The maximum absolute atomic E-state index is 13.2. The van der Waals surface area contributed by atoms with E-state index in [9.17, 15) is 14.7 Å². The van der Waals surface area contributed by atoms with Gasteiger partial charge in [0, 0.05) is 16.5 Å². The normalized spacial score (nSPS) is 11.0. The summed E-state index contributed by atoms with van der Waals surface area (Å²) in [6, 6.07) is 27.7. The van der Waals surface area contributed by atoms with Crippen LogP contribution < -0.4 is 4.74 Å². The van der Waals surface area contributed by atoms with Crippen LogP contribution in [0.25, 0.3) is 21.7 Å². The Morgan fingerprint density at radius 3 is 2.41 bits per heavy atom. The van der Waals surface area contributed by atoms with Crippen molar-refractivity contribution in [2.75, 3.05) is 0 Å². The summed E-state index contributed by atoms with van der Waals surface area (Å²) < 4.78 is 5.72. The number of nitrogens with one attached hydrogen (secondary N) is 1. The highest BCUT2D eigenvalue weighted by atomic mass is 16.5. The molecule has 2 N–H and O–H groups in total. The van der Waals surface area contributed by atoms with Crippen LogP contribution >= 0.6 is 0 Å². The van der Waals surface area contributed by atoms with Crippen molar-refractivity contribution < 1.29 is 19.4 Å². The highest BCUT2D eigenvalue weighted by Gasteiger charge is 2.18. The fourth-order valence-electron chi connectivity index (χ4n) is 3.86. The number of rotatable bonds is 6. The molecule has 0 atom stereocenters. The fourth-order valence-corrected chi connectivity index (χ4v) is 3.86. The van der Waals surface area contributed by atoms with E-state index in [4.69, 9.17) is 4.74 Å². The highest BCUT2D eigenvalue weighted by Crippen LogP contribution is 2.28. The summed E-state index contributed by atoms with van der Waals surface area (Å²) >= 11 is 0. The molecule has 1 aromatic heterocycles. The molecule has 1 heterocycles. The van der Waals surface area contributed by atoms with E-state index in [1.165, 1.54) is 12.1 Å². The summed E-state index contributed by atoms with van der Waals surface area (Å²) in [4.78, 5) is 28.2. The number of H-pyrrole nitrogens is 1. The van der Waals surface area contributed by atoms with Gasteiger partial charge >= 0.3 is 5.97 Å². The number of hydrogen-bond acceptors (Lipinski definition) is 3. The van der Waals surface area contributed by atoms with Gasteiger partial charge < -0.3 is 14.8 Å². The minimum Gasteiger partial charge on any atom is -0.488 e. The summed E-state index contributed by atoms with van der Waals surface area (Å²) in [6.07, 6.45) is 0. The van der Waals surface area contributed by atoms with Gasteiger partial charge in [-0.25, -0.2) is 4.79 Å². The van der Waals surface area contributed by atoms with Gasteiger partial charge in [-0.3, -0.25) is 4.79 Å². The second-order valence-electron chi connectivity index (χ2n) is 7.55. The summed E-state index contributed by atoms with van der Waals surface area (Å²) in [5.74, 6) is -1.20. The van der Waals surface area contributed by atoms with E-state index >= 15 is 0 Å². The number of carbonyl (C=O) groups excluding carboxylic acids is 1. The molecule has 0 bridgehead atoms. The third kappa shape index (κ3) is 3.61. The molecule has 0 amide bonds. The zero-order chi connectivity index (χ0) is 22.1. The van der Waals surface area contributed by atoms with Crippen molar-refractivity contribution in [1.29, 1.82) is 0 Å². The van der Waals surface area contributed by atoms with Crippen LogP contribution in [-0.2, 0) is 6.61 Å². The molecular formula is C27H19NO4. The van der Waals surface area contributed by atoms with Gasteiger partial charge in [0.1, 0.15) is 17.9 Å². The fraction of sp³-hybridized carbons (Fsp3) is 0.0370. The zero-order valence-corrected chi connectivity index (χ0v) is 17.0. The number of aromatic nitrogens is 1. The van der Waals surface area contributed by atoms with E-state index in [0.29, 0.717) is 5.69 Å².